The SMILES string of the molecule is O=C(C=Cc1ccsc1)c1ccc(-n2cncn2)cc1. The first kappa shape index (κ1) is 12.5. The van der Waals surface area contributed by atoms with Gasteiger partial charge < -0.3 is 0 Å². The fraction of sp³-hybridized carbons (Fsp3) is 0. The van der Waals surface area contributed by atoms with Crippen molar-refractivity contribution in [2.75, 3.05) is 0 Å². The second-order valence-corrected chi connectivity index (χ2v) is 4.92. The minimum atomic E-state index is -0.0126. The molecule has 1 aromatic carbocycles. The van der Waals surface area contributed by atoms with Gasteiger partial charge in [-0.1, -0.05) is 6.08 Å². The van der Waals surface area contributed by atoms with Crippen LogP contribution in [0.5, 0.6) is 0 Å². The van der Waals surface area contributed by atoms with Crippen molar-refractivity contribution < 1.29 is 4.79 Å². The summed E-state index contributed by atoms with van der Waals surface area (Å²) in [6.45, 7) is 0. The van der Waals surface area contributed by atoms with Gasteiger partial charge in [0.05, 0.1) is 5.69 Å². The van der Waals surface area contributed by atoms with Crippen LogP contribution in [0.2, 0.25) is 0 Å². The number of thiophene rings is 1. The third-order valence-corrected chi connectivity index (χ3v) is 3.51. The lowest BCUT2D eigenvalue weighted by Crippen LogP contribution is -1.97. The Morgan fingerprint density at radius 2 is 2.05 bits per heavy atom. The minimum Gasteiger partial charge on any atom is -0.289 e. The van der Waals surface area contributed by atoms with Crippen LogP contribution in [0.3, 0.4) is 0 Å². The molecule has 0 bridgehead atoms. The Balaban J connectivity index is 1.76. The molecular weight excluding hydrogens is 270 g/mol. The van der Waals surface area contributed by atoms with Crippen molar-refractivity contribution in [1.82, 2.24) is 14.8 Å². The lowest BCUT2D eigenvalue weighted by atomic mass is 10.1. The molecule has 0 atom stereocenters. The van der Waals surface area contributed by atoms with E-state index in [0.29, 0.717) is 5.56 Å². The lowest BCUT2D eigenvalue weighted by molar-refractivity contribution is 0.104. The third kappa shape index (κ3) is 2.73. The highest BCUT2D eigenvalue weighted by Gasteiger charge is 2.03. The minimum absolute atomic E-state index is 0.0126. The van der Waals surface area contributed by atoms with Gasteiger partial charge in [-0.3, -0.25) is 4.79 Å². The average Bonchev–Trinajstić information content (AvgIpc) is 3.18. The predicted molar refractivity (Wildman–Crippen MR) is 79.0 cm³/mol. The molecule has 3 rings (SSSR count). The van der Waals surface area contributed by atoms with Gasteiger partial charge in [0.25, 0.3) is 0 Å². The largest absolute Gasteiger partial charge is 0.289 e. The monoisotopic (exact) mass is 281 g/mol. The Hall–Kier alpha value is -2.53. The van der Waals surface area contributed by atoms with E-state index in [0.717, 1.165) is 11.3 Å². The number of hydrogen-bond acceptors (Lipinski definition) is 4. The maximum Gasteiger partial charge on any atom is 0.185 e. The van der Waals surface area contributed by atoms with Gasteiger partial charge >= 0.3 is 0 Å². The summed E-state index contributed by atoms with van der Waals surface area (Å²) in [6.07, 6.45) is 6.51. The second-order valence-electron chi connectivity index (χ2n) is 4.14. The number of carbonyl (C=O) groups is 1. The van der Waals surface area contributed by atoms with Crippen LogP contribution in [0.15, 0.2) is 59.8 Å². The first-order valence-corrected chi connectivity index (χ1v) is 6.97. The van der Waals surface area contributed by atoms with E-state index >= 15 is 0 Å². The Morgan fingerprint density at radius 1 is 1.20 bits per heavy atom. The molecule has 5 heteroatoms. The Kier molecular flexibility index (Phi) is 3.52. The van der Waals surface area contributed by atoms with E-state index in [2.05, 4.69) is 10.1 Å². The van der Waals surface area contributed by atoms with E-state index in [4.69, 9.17) is 0 Å². The van der Waals surface area contributed by atoms with E-state index in [-0.39, 0.29) is 5.78 Å². The second kappa shape index (κ2) is 5.63. The topological polar surface area (TPSA) is 47.8 Å². The first-order chi connectivity index (χ1) is 9.83. The molecule has 0 fully saturated rings. The van der Waals surface area contributed by atoms with E-state index in [1.165, 1.54) is 6.33 Å². The number of allylic oxidation sites excluding steroid dienone is 1. The van der Waals surface area contributed by atoms with Crippen LogP contribution in [0.4, 0.5) is 0 Å². The normalized spacial score (nSPS) is 11.0. The first-order valence-electron chi connectivity index (χ1n) is 6.02. The van der Waals surface area contributed by atoms with Crippen molar-refractivity contribution in [3.63, 3.8) is 0 Å². The molecule has 0 spiro atoms. The highest BCUT2D eigenvalue weighted by molar-refractivity contribution is 7.08. The number of nitrogens with zero attached hydrogens (tertiary/aromatic N) is 3. The third-order valence-electron chi connectivity index (χ3n) is 2.81. The van der Waals surface area contributed by atoms with Crippen molar-refractivity contribution in [3.05, 3.63) is 70.9 Å². The molecule has 0 aliphatic rings. The van der Waals surface area contributed by atoms with Crippen LogP contribution >= 0.6 is 11.3 Å². The molecule has 98 valence electrons. The van der Waals surface area contributed by atoms with Gasteiger partial charge in [-0.25, -0.2) is 9.67 Å². The molecule has 3 aromatic rings. The smallest absolute Gasteiger partial charge is 0.185 e. The molecule has 2 aromatic heterocycles. The van der Waals surface area contributed by atoms with E-state index in [1.54, 1.807) is 40.6 Å². The highest BCUT2D eigenvalue weighted by atomic mass is 32.1. The average molecular weight is 281 g/mol. The molecule has 4 nitrogen and oxygen atoms in total. The number of aromatic nitrogens is 3. The Bertz CT molecular complexity index is 713. The quantitative estimate of drug-likeness (QED) is 0.545. The molecule has 0 saturated heterocycles. The summed E-state index contributed by atoms with van der Waals surface area (Å²) >= 11 is 1.61. The van der Waals surface area contributed by atoms with E-state index in [1.807, 2.05) is 35.0 Å². The molecule has 0 N–H and O–H groups in total. The van der Waals surface area contributed by atoms with Crippen LogP contribution in [0.1, 0.15) is 15.9 Å². The molecule has 0 aliphatic carbocycles. The summed E-state index contributed by atoms with van der Waals surface area (Å²) in [4.78, 5) is 15.9. The van der Waals surface area contributed by atoms with Gasteiger partial charge in [-0.2, -0.15) is 16.4 Å². The van der Waals surface area contributed by atoms with Crippen molar-refractivity contribution in [2.45, 2.75) is 0 Å². The van der Waals surface area contributed by atoms with Gasteiger partial charge in [0.2, 0.25) is 0 Å². The van der Waals surface area contributed by atoms with Gasteiger partial charge in [0.1, 0.15) is 12.7 Å². The summed E-state index contributed by atoms with van der Waals surface area (Å²) in [6, 6.07) is 9.25. The Labute approximate surface area is 120 Å². The van der Waals surface area contributed by atoms with Crippen molar-refractivity contribution in [1.29, 1.82) is 0 Å². The van der Waals surface area contributed by atoms with Crippen molar-refractivity contribution >= 4 is 23.2 Å². The molecule has 2 heterocycles. The number of carbonyl (C=O) groups excluding carboxylic acids is 1. The van der Waals surface area contributed by atoms with Gasteiger partial charge in [0.15, 0.2) is 5.78 Å². The number of benzene rings is 1. The van der Waals surface area contributed by atoms with Crippen LogP contribution in [-0.4, -0.2) is 20.5 Å². The standard InChI is InChI=1S/C15H11N3OS/c19-15(6-1-12-7-8-20-9-12)13-2-4-14(5-3-13)18-11-16-10-17-18/h1-11H. The van der Waals surface area contributed by atoms with Crippen molar-refractivity contribution in [3.8, 4) is 5.69 Å². The molecule has 0 radical (unpaired) electrons. The zero-order valence-electron chi connectivity index (χ0n) is 10.5. The summed E-state index contributed by atoms with van der Waals surface area (Å²) in [5.74, 6) is -0.0126. The van der Waals surface area contributed by atoms with Crippen LogP contribution in [-0.2, 0) is 0 Å². The number of ketones is 1. The maximum atomic E-state index is 12.0. The Morgan fingerprint density at radius 3 is 2.70 bits per heavy atom. The molecule has 0 amide bonds. The lowest BCUT2D eigenvalue weighted by Gasteiger charge is -2.01. The summed E-state index contributed by atoms with van der Waals surface area (Å²) in [5.41, 5.74) is 2.57. The molecule has 0 aliphatic heterocycles. The number of hydrogen-bond donors (Lipinski definition) is 0. The van der Waals surface area contributed by atoms with Crippen LogP contribution in [0.25, 0.3) is 11.8 Å². The summed E-state index contributed by atoms with van der Waals surface area (Å²) < 4.78 is 1.65. The number of rotatable bonds is 4. The van der Waals surface area contributed by atoms with Crippen LogP contribution < -0.4 is 0 Å². The van der Waals surface area contributed by atoms with Gasteiger partial charge in [0, 0.05) is 5.56 Å². The van der Waals surface area contributed by atoms with Gasteiger partial charge in [-0.15, -0.1) is 0 Å². The highest BCUT2D eigenvalue weighted by Crippen LogP contribution is 2.11. The summed E-state index contributed by atoms with van der Waals surface area (Å²) in [7, 11) is 0. The van der Waals surface area contributed by atoms with Gasteiger partial charge in [-0.05, 0) is 52.7 Å². The fourth-order valence-electron chi connectivity index (χ4n) is 1.76. The zero-order chi connectivity index (χ0) is 13.8. The molecular formula is C15H11N3OS. The molecule has 0 saturated carbocycles. The molecule has 20 heavy (non-hydrogen) atoms. The predicted octanol–water partition coefficient (Wildman–Crippen LogP) is 3.22. The van der Waals surface area contributed by atoms with Crippen molar-refractivity contribution in [2.24, 2.45) is 0 Å². The summed E-state index contributed by atoms with van der Waals surface area (Å²) in [5, 5.41) is 8.02. The van der Waals surface area contributed by atoms with E-state index in [9.17, 15) is 4.79 Å². The fourth-order valence-corrected chi connectivity index (χ4v) is 2.39. The van der Waals surface area contributed by atoms with E-state index < -0.39 is 0 Å². The maximum absolute atomic E-state index is 12.0. The zero-order valence-corrected chi connectivity index (χ0v) is 11.3. The van der Waals surface area contributed by atoms with Crippen LogP contribution in [0, 0.1) is 0 Å². The molecule has 0 unspecified atom stereocenters.